The Bertz CT molecular complexity index is 164. The number of allylic oxidation sites excluding steroid dienone is 2. The molecule has 14 heavy (non-hydrogen) atoms. The van der Waals surface area contributed by atoms with Crippen LogP contribution in [0.15, 0.2) is 12.2 Å². The molecule has 0 aromatic carbocycles. The van der Waals surface area contributed by atoms with Crippen LogP contribution in [0.4, 0.5) is 0 Å². The van der Waals surface area contributed by atoms with Crippen molar-refractivity contribution >= 4 is 0 Å². The van der Waals surface area contributed by atoms with Crippen LogP contribution in [0.3, 0.4) is 0 Å². The molecule has 0 heterocycles. The van der Waals surface area contributed by atoms with E-state index in [4.69, 9.17) is 0 Å². The molecule has 0 aliphatic heterocycles. The maximum absolute atomic E-state index is 2.52. The summed E-state index contributed by atoms with van der Waals surface area (Å²) in [5.41, 5.74) is 0. The van der Waals surface area contributed by atoms with E-state index in [0.717, 1.165) is 17.8 Å². The molecule has 2 rings (SSSR count). The molecule has 0 saturated heterocycles. The molecule has 0 N–H and O–H groups in total. The first-order valence-corrected chi connectivity index (χ1v) is 6.54. The van der Waals surface area contributed by atoms with E-state index in [1.54, 1.807) is 0 Å². The molecule has 0 aromatic rings. The van der Waals surface area contributed by atoms with Gasteiger partial charge in [0.2, 0.25) is 0 Å². The standard InChI is InChI=1S/C14H24/c1-2-7-14(12-8-3-4-9-12)13-10-5-6-11-13/h2,7,12-14H,3-6,8-11H2,1H3. The van der Waals surface area contributed by atoms with Gasteiger partial charge in [-0.05, 0) is 50.4 Å². The molecule has 0 aromatic heterocycles. The number of hydrogen-bond donors (Lipinski definition) is 0. The third-order valence-electron chi connectivity index (χ3n) is 4.30. The quantitative estimate of drug-likeness (QED) is 0.575. The van der Waals surface area contributed by atoms with Crippen LogP contribution < -0.4 is 0 Å². The second-order valence-electron chi connectivity index (χ2n) is 5.19. The highest BCUT2D eigenvalue weighted by Gasteiger charge is 2.30. The highest BCUT2D eigenvalue weighted by molar-refractivity contribution is 4.96. The van der Waals surface area contributed by atoms with Gasteiger partial charge in [-0.15, -0.1) is 0 Å². The Labute approximate surface area is 88.8 Å². The fraction of sp³-hybridized carbons (Fsp3) is 0.857. The largest absolute Gasteiger partial charge is 0.0914 e. The molecule has 0 amide bonds. The minimum atomic E-state index is 0.935. The first-order chi connectivity index (χ1) is 6.92. The van der Waals surface area contributed by atoms with E-state index in [9.17, 15) is 0 Å². The van der Waals surface area contributed by atoms with Gasteiger partial charge in [0, 0.05) is 0 Å². The van der Waals surface area contributed by atoms with E-state index in [0.29, 0.717) is 0 Å². The molecule has 2 fully saturated rings. The van der Waals surface area contributed by atoms with E-state index in [2.05, 4.69) is 19.1 Å². The summed E-state index contributed by atoms with van der Waals surface area (Å²) in [6.07, 6.45) is 16.8. The fourth-order valence-corrected chi connectivity index (χ4v) is 3.61. The molecule has 0 nitrogen and oxygen atoms in total. The maximum atomic E-state index is 2.52. The van der Waals surface area contributed by atoms with Gasteiger partial charge in [-0.3, -0.25) is 0 Å². The second kappa shape index (κ2) is 5.00. The zero-order chi connectivity index (χ0) is 9.80. The van der Waals surface area contributed by atoms with Crippen LogP contribution >= 0.6 is 0 Å². The highest BCUT2D eigenvalue weighted by atomic mass is 14.4. The van der Waals surface area contributed by atoms with Gasteiger partial charge in [-0.1, -0.05) is 37.8 Å². The van der Waals surface area contributed by atoms with Crippen molar-refractivity contribution in [2.24, 2.45) is 17.8 Å². The molecular weight excluding hydrogens is 168 g/mol. The minimum absolute atomic E-state index is 0.935. The summed E-state index contributed by atoms with van der Waals surface area (Å²) in [7, 11) is 0. The Morgan fingerprint density at radius 1 is 0.857 bits per heavy atom. The predicted molar refractivity (Wildman–Crippen MR) is 62.2 cm³/mol. The zero-order valence-corrected chi connectivity index (χ0v) is 9.54. The van der Waals surface area contributed by atoms with Crippen molar-refractivity contribution in [1.29, 1.82) is 0 Å². The Balaban J connectivity index is 1.98. The fourth-order valence-electron chi connectivity index (χ4n) is 3.61. The van der Waals surface area contributed by atoms with Gasteiger partial charge in [-0.2, -0.15) is 0 Å². The van der Waals surface area contributed by atoms with Crippen molar-refractivity contribution in [2.45, 2.75) is 58.3 Å². The molecule has 2 aliphatic rings. The second-order valence-corrected chi connectivity index (χ2v) is 5.19. The van der Waals surface area contributed by atoms with Crippen molar-refractivity contribution in [3.05, 3.63) is 12.2 Å². The van der Waals surface area contributed by atoms with Crippen LogP contribution in [0.2, 0.25) is 0 Å². The maximum Gasteiger partial charge on any atom is -0.0177 e. The molecule has 0 radical (unpaired) electrons. The lowest BCUT2D eigenvalue weighted by Crippen LogP contribution is -2.17. The molecule has 0 spiro atoms. The topological polar surface area (TPSA) is 0 Å². The average molecular weight is 192 g/mol. The molecule has 2 aliphatic carbocycles. The lowest BCUT2D eigenvalue weighted by molar-refractivity contribution is 0.286. The van der Waals surface area contributed by atoms with Crippen molar-refractivity contribution in [3.8, 4) is 0 Å². The lowest BCUT2D eigenvalue weighted by atomic mass is 9.79. The highest BCUT2D eigenvalue weighted by Crippen LogP contribution is 2.42. The summed E-state index contributed by atoms with van der Waals surface area (Å²) in [5, 5.41) is 0. The molecule has 0 unspecified atom stereocenters. The van der Waals surface area contributed by atoms with Crippen molar-refractivity contribution < 1.29 is 0 Å². The van der Waals surface area contributed by atoms with Crippen LogP contribution in [0.25, 0.3) is 0 Å². The van der Waals surface area contributed by atoms with Gasteiger partial charge < -0.3 is 0 Å². The number of hydrogen-bond acceptors (Lipinski definition) is 0. The third kappa shape index (κ3) is 2.21. The van der Waals surface area contributed by atoms with Gasteiger partial charge in [0.1, 0.15) is 0 Å². The Morgan fingerprint density at radius 3 is 1.64 bits per heavy atom. The van der Waals surface area contributed by atoms with E-state index >= 15 is 0 Å². The zero-order valence-electron chi connectivity index (χ0n) is 9.54. The first kappa shape index (κ1) is 10.3. The average Bonchev–Trinajstić information content (AvgIpc) is 2.87. The van der Waals surface area contributed by atoms with E-state index in [1.807, 2.05) is 0 Å². The molecular formula is C14H24. The summed E-state index contributed by atoms with van der Waals surface area (Å²) in [6.45, 7) is 2.19. The number of rotatable bonds is 3. The van der Waals surface area contributed by atoms with Crippen LogP contribution in [0.1, 0.15) is 58.3 Å². The molecule has 2 saturated carbocycles. The molecule has 0 heteroatoms. The van der Waals surface area contributed by atoms with Crippen molar-refractivity contribution in [2.75, 3.05) is 0 Å². The Morgan fingerprint density at radius 2 is 1.29 bits per heavy atom. The summed E-state index contributed by atoms with van der Waals surface area (Å²) < 4.78 is 0. The lowest BCUT2D eigenvalue weighted by Gasteiger charge is -2.26. The SMILES string of the molecule is CC=CC(C1CCCC1)C1CCCC1. The third-order valence-corrected chi connectivity index (χ3v) is 4.30. The summed E-state index contributed by atoms with van der Waals surface area (Å²) in [6, 6.07) is 0. The van der Waals surface area contributed by atoms with Gasteiger partial charge >= 0.3 is 0 Å². The Kier molecular flexibility index (Phi) is 3.67. The first-order valence-electron chi connectivity index (χ1n) is 6.54. The molecule has 80 valence electrons. The monoisotopic (exact) mass is 192 g/mol. The van der Waals surface area contributed by atoms with Gasteiger partial charge in [-0.25, -0.2) is 0 Å². The van der Waals surface area contributed by atoms with Crippen LogP contribution in [-0.2, 0) is 0 Å². The normalized spacial score (nSPS) is 25.9. The predicted octanol–water partition coefficient (Wildman–Crippen LogP) is 4.56. The Hall–Kier alpha value is -0.260. The molecule has 0 atom stereocenters. The van der Waals surface area contributed by atoms with Crippen molar-refractivity contribution in [1.82, 2.24) is 0 Å². The van der Waals surface area contributed by atoms with Crippen LogP contribution in [0, 0.1) is 17.8 Å². The van der Waals surface area contributed by atoms with Crippen molar-refractivity contribution in [3.63, 3.8) is 0 Å². The van der Waals surface area contributed by atoms with Gasteiger partial charge in [0.05, 0.1) is 0 Å². The summed E-state index contributed by atoms with van der Waals surface area (Å²) >= 11 is 0. The minimum Gasteiger partial charge on any atom is -0.0914 e. The molecule has 0 bridgehead atoms. The van der Waals surface area contributed by atoms with Gasteiger partial charge in [0.25, 0.3) is 0 Å². The summed E-state index contributed by atoms with van der Waals surface area (Å²) in [4.78, 5) is 0. The van der Waals surface area contributed by atoms with E-state index in [-0.39, 0.29) is 0 Å². The van der Waals surface area contributed by atoms with Gasteiger partial charge in [0.15, 0.2) is 0 Å². The van der Waals surface area contributed by atoms with E-state index in [1.165, 1.54) is 51.4 Å². The van der Waals surface area contributed by atoms with Crippen LogP contribution in [-0.4, -0.2) is 0 Å². The summed E-state index contributed by atoms with van der Waals surface area (Å²) in [5.74, 6) is 3.01. The van der Waals surface area contributed by atoms with Crippen LogP contribution in [0.5, 0.6) is 0 Å². The van der Waals surface area contributed by atoms with E-state index < -0.39 is 0 Å². The smallest absolute Gasteiger partial charge is 0.0177 e.